The number of halogens is 3. The number of pyridine rings is 1. The Morgan fingerprint density at radius 1 is 0.946 bits per heavy atom. The van der Waals surface area contributed by atoms with E-state index in [1.54, 1.807) is 47.6 Å². The SMILES string of the molecule is CC(C)(C)OC(=O)Nc1cn(C(=O)OC(C)(C)C)c2ccc(CCCc3ccc(C(F)(F)F)cn3)cc12. The number of aryl methyl sites for hydroxylation is 2. The van der Waals surface area contributed by atoms with Crippen molar-refractivity contribution >= 4 is 28.8 Å². The molecule has 37 heavy (non-hydrogen) atoms. The molecule has 3 aromatic rings. The lowest BCUT2D eigenvalue weighted by atomic mass is 10.0. The standard InChI is InChI=1S/C27H32F3N3O4/c1-25(2,3)36-23(34)32-21-16-33(24(35)37-26(4,5)6)22-13-10-17(14-20(21)22)8-7-9-19-12-11-18(15-31-19)27(28,29)30/h10-16H,7-9H2,1-6H3,(H,32,34). The van der Waals surface area contributed by atoms with Crippen LogP contribution in [0.3, 0.4) is 0 Å². The van der Waals surface area contributed by atoms with E-state index in [2.05, 4.69) is 10.3 Å². The molecule has 1 aromatic carbocycles. The van der Waals surface area contributed by atoms with Crippen molar-refractivity contribution in [1.82, 2.24) is 9.55 Å². The molecule has 0 aliphatic heterocycles. The van der Waals surface area contributed by atoms with E-state index >= 15 is 0 Å². The first-order valence-corrected chi connectivity index (χ1v) is 11.9. The Kier molecular flexibility index (Phi) is 7.90. The van der Waals surface area contributed by atoms with Crippen LogP contribution in [0.5, 0.6) is 0 Å². The van der Waals surface area contributed by atoms with E-state index in [1.807, 2.05) is 12.1 Å². The summed E-state index contributed by atoms with van der Waals surface area (Å²) in [5.74, 6) is 0. The van der Waals surface area contributed by atoms with Gasteiger partial charge in [-0.1, -0.05) is 6.07 Å². The Morgan fingerprint density at radius 2 is 1.62 bits per heavy atom. The molecule has 0 aliphatic rings. The Balaban J connectivity index is 1.82. The number of carbonyl (C=O) groups is 2. The summed E-state index contributed by atoms with van der Waals surface area (Å²) in [4.78, 5) is 29.2. The third kappa shape index (κ3) is 7.96. The quantitative estimate of drug-likeness (QED) is 0.381. The van der Waals surface area contributed by atoms with E-state index in [-0.39, 0.29) is 0 Å². The van der Waals surface area contributed by atoms with Gasteiger partial charge in [-0.25, -0.2) is 9.59 Å². The highest BCUT2D eigenvalue weighted by molar-refractivity contribution is 6.03. The number of alkyl halides is 3. The Hall–Kier alpha value is -3.56. The predicted octanol–water partition coefficient (Wildman–Crippen LogP) is 7.36. The summed E-state index contributed by atoms with van der Waals surface area (Å²) in [5.41, 5.74) is 0.242. The van der Waals surface area contributed by atoms with Crippen LogP contribution >= 0.6 is 0 Å². The Labute approximate surface area is 214 Å². The summed E-state index contributed by atoms with van der Waals surface area (Å²) in [6, 6.07) is 7.91. The second kappa shape index (κ2) is 10.4. The van der Waals surface area contributed by atoms with E-state index in [0.29, 0.717) is 41.5 Å². The maximum atomic E-state index is 12.8. The van der Waals surface area contributed by atoms with Crippen molar-refractivity contribution < 1.29 is 32.2 Å². The van der Waals surface area contributed by atoms with Crippen molar-refractivity contribution in [3.8, 4) is 0 Å². The highest BCUT2D eigenvalue weighted by atomic mass is 19.4. The molecule has 2 heterocycles. The topological polar surface area (TPSA) is 82.5 Å². The maximum absolute atomic E-state index is 12.8. The molecule has 0 spiro atoms. The van der Waals surface area contributed by atoms with Gasteiger partial charge in [0.25, 0.3) is 0 Å². The molecule has 200 valence electrons. The van der Waals surface area contributed by atoms with Crippen LogP contribution in [0.15, 0.2) is 42.7 Å². The zero-order valence-electron chi connectivity index (χ0n) is 21.8. The fourth-order valence-electron chi connectivity index (χ4n) is 3.62. The molecule has 0 bridgehead atoms. The summed E-state index contributed by atoms with van der Waals surface area (Å²) in [6.07, 6.45) is -1.56. The predicted molar refractivity (Wildman–Crippen MR) is 135 cm³/mol. The van der Waals surface area contributed by atoms with Crippen molar-refractivity contribution in [1.29, 1.82) is 0 Å². The lowest BCUT2D eigenvalue weighted by Crippen LogP contribution is -2.27. The third-order valence-electron chi connectivity index (χ3n) is 5.15. The van der Waals surface area contributed by atoms with Gasteiger partial charge in [0.15, 0.2) is 0 Å². The second-order valence-corrected chi connectivity index (χ2v) is 10.8. The van der Waals surface area contributed by atoms with Gasteiger partial charge in [0.1, 0.15) is 11.2 Å². The minimum Gasteiger partial charge on any atom is -0.444 e. The number of nitrogens with zero attached hydrogens (tertiary/aromatic N) is 2. The zero-order chi connectivity index (χ0) is 27.6. The van der Waals surface area contributed by atoms with Crippen molar-refractivity contribution in [2.45, 2.75) is 78.2 Å². The van der Waals surface area contributed by atoms with Crippen LogP contribution in [0.25, 0.3) is 10.9 Å². The molecule has 3 rings (SSSR count). The van der Waals surface area contributed by atoms with Crippen LogP contribution in [-0.4, -0.2) is 32.9 Å². The molecule has 0 atom stereocenters. The molecule has 10 heteroatoms. The monoisotopic (exact) mass is 519 g/mol. The van der Waals surface area contributed by atoms with E-state index in [4.69, 9.17) is 9.47 Å². The van der Waals surface area contributed by atoms with Gasteiger partial charge in [0.2, 0.25) is 0 Å². The normalized spacial score (nSPS) is 12.5. The molecular formula is C27H32F3N3O4. The Bertz CT molecular complexity index is 1270. The van der Waals surface area contributed by atoms with E-state index in [0.717, 1.165) is 17.8 Å². The van der Waals surface area contributed by atoms with Gasteiger partial charge in [-0.3, -0.25) is 14.9 Å². The summed E-state index contributed by atoms with van der Waals surface area (Å²) < 4.78 is 50.4. The van der Waals surface area contributed by atoms with Gasteiger partial charge < -0.3 is 9.47 Å². The molecule has 0 saturated carbocycles. The zero-order valence-corrected chi connectivity index (χ0v) is 21.8. The van der Waals surface area contributed by atoms with Crippen molar-refractivity contribution in [2.24, 2.45) is 0 Å². The van der Waals surface area contributed by atoms with Crippen LogP contribution in [0.1, 0.15) is 64.8 Å². The molecule has 0 fully saturated rings. The number of hydrogen-bond acceptors (Lipinski definition) is 5. The van der Waals surface area contributed by atoms with Crippen molar-refractivity contribution in [2.75, 3.05) is 5.32 Å². The molecule has 7 nitrogen and oxygen atoms in total. The summed E-state index contributed by atoms with van der Waals surface area (Å²) in [5, 5.41) is 3.34. The maximum Gasteiger partial charge on any atom is 0.419 e. The molecule has 1 N–H and O–H groups in total. The first kappa shape index (κ1) is 28.0. The molecule has 0 aliphatic carbocycles. The molecule has 0 radical (unpaired) electrons. The lowest BCUT2D eigenvalue weighted by Gasteiger charge is -2.20. The number of carbonyl (C=O) groups excluding carboxylic acids is 2. The van der Waals surface area contributed by atoms with Crippen molar-refractivity contribution in [3.05, 3.63) is 59.5 Å². The van der Waals surface area contributed by atoms with Gasteiger partial charge in [0.05, 0.1) is 16.8 Å². The average molecular weight is 520 g/mol. The first-order valence-electron chi connectivity index (χ1n) is 11.9. The van der Waals surface area contributed by atoms with Crippen LogP contribution in [0, 0.1) is 0 Å². The van der Waals surface area contributed by atoms with Gasteiger partial charge in [-0.15, -0.1) is 0 Å². The second-order valence-electron chi connectivity index (χ2n) is 10.8. The average Bonchev–Trinajstić information content (AvgIpc) is 3.09. The number of ether oxygens (including phenoxy) is 2. The molecular weight excluding hydrogens is 487 g/mol. The smallest absolute Gasteiger partial charge is 0.419 e. The number of anilines is 1. The van der Waals surface area contributed by atoms with E-state index in [1.165, 1.54) is 16.8 Å². The highest BCUT2D eigenvalue weighted by Crippen LogP contribution is 2.30. The van der Waals surface area contributed by atoms with Crippen LogP contribution in [0.2, 0.25) is 0 Å². The van der Waals surface area contributed by atoms with E-state index in [9.17, 15) is 22.8 Å². The fraction of sp³-hybridized carbons (Fsp3) is 0.444. The van der Waals surface area contributed by atoms with Crippen LogP contribution in [-0.2, 0) is 28.5 Å². The first-order chi connectivity index (χ1) is 17.0. The summed E-state index contributed by atoms with van der Waals surface area (Å²) >= 11 is 0. The van der Waals surface area contributed by atoms with Gasteiger partial charge >= 0.3 is 18.4 Å². The van der Waals surface area contributed by atoms with Crippen LogP contribution < -0.4 is 5.32 Å². The third-order valence-corrected chi connectivity index (χ3v) is 5.15. The number of benzene rings is 1. The lowest BCUT2D eigenvalue weighted by molar-refractivity contribution is -0.137. The molecule has 2 aromatic heterocycles. The number of hydrogen-bond donors (Lipinski definition) is 1. The van der Waals surface area contributed by atoms with Crippen molar-refractivity contribution in [3.63, 3.8) is 0 Å². The van der Waals surface area contributed by atoms with Crippen LogP contribution in [0.4, 0.5) is 28.4 Å². The molecule has 1 amide bonds. The number of aromatic nitrogens is 2. The Morgan fingerprint density at radius 3 is 2.19 bits per heavy atom. The number of amides is 1. The van der Waals surface area contributed by atoms with E-state index < -0.39 is 35.1 Å². The minimum atomic E-state index is -4.41. The summed E-state index contributed by atoms with van der Waals surface area (Å²) in [6.45, 7) is 10.5. The number of rotatable bonds is 5. The highest BCUT2D eigenvalue weighted by Gasteiger charge is 2.30. The minimum absolute atomic E-state index is 0.390. The fourth-order valence-corrected chi connectivity index (χ4v) is 3.62. The molecule has 0 saturated heterocycles. The molecule has 0 unspecified atom stereocenters. The van der Waals surface area contributed by atoms with Gasteiger partial charge in [-0.05, 0) is 90.6 Å². The summed E-state index contributed by atoms with van der Waals surface area (Å²) in [7, 11) is 0. The largest absolute Gasteiger partial charge is 0.444 e. The number of fused-ring (bicyclic) bond motifs is 1. The van der Waals surface area contributed by atoms with Gasteiger partial charge in [0, 0.05) is 23.5 Å². The number of nitrogens with one attached hydrogen (secondary N) is 1. The van der Waals surface area contributed by atoms with Gasteiger partial charge in [-0.2, -0.15) is 13.2 Å².